The zero-order valence-electron chi connectivity index (χ0n) is 16.2. The summed E-state index contributed by atoms with van der Waals surface area (Å²) in [5.41, 5.74) is 3.40. The smallest absolute Gasteiger partial charge is 0.228 e. The molecular formula is C21H28Cl2N4O. The summed E-state index contributed by atoms with van der Waals surface area (Å²) in [5, 5.41) is 3.52. The van der Waals surface area contributed by atoms with Gasteiger partial charge in [0.1, 0.15) is 11.6 Å². The van der Waals surface area contributed by atoms with Gasteiger partial charge >= 0.3 is 0 Å². The van der Waals surface area contributed by atoms with E-state index in [2.05, 4.69) is 24.4 Å². The van der Waals surface area contributed by atoms with Gasteiger partial charge in [-0.1, -0.05) is 36.8 Å². The van der Waals surface area contributed by atoms with Gasteiger partial charge in [0, 0.05) is 24.2 Å². The lowest BCUT2D eigenvalue weighted by atomic mass is 10.0. The lowest BCUT2D eigenvalue weighted by Gasteiger charge is -2.31. The molecule has 28 heavy (non-hydrogen) atoms. The first kappa shape index (κ1) is 22.6. The average Bonchev–Trinajstić information content (AvgIpc) is 2.68. The lowest BCUT2D eigenvalue weighted by molar-refractivity contribution is -0.118. The molecule has 7 heteroatoms. The van der Waals surface area contributed by atoms with Crippen molar-refractivity contribution in [3.8, 4) is 0 Å². The van der Waals surface area contributed by atoms with E-state index in [0.29, 0.717) is 13.0 Å². The Kier molecular flexibility index (Phi) is 8.23. The van der Waals surface area contributed by atoms with E-state index in [1.165, 1.54) is 18.4 Å². The van der Waals surface area contributed by atoms with Crippen LogP contribution in [0.25, 0.3) is 0 Å². The number of benzene rings is 1. The van der Waals surface area contributed by atoms with Crippen LogP contribution in [0.3, 0.4) is 0 Å². The van der Waals surface area contributed by atoms with Crippen LogP contribution in [-0.2, 0) is 17.6 Å². The molecule has 0 saturated carbocycles. The summed E-state index contributed by atoms with van der Waals surface area (Å²) in [5.74, 6) is 1.86. The van der Waals surface area contributed by atoms with Crippen LogP contribution in [0.2, 0.25) is 0 Å². The van der Waals surface area contributed by atoms with Gasteiger partial charge in [-0.25, -0.2) is 9.97 Å². The largest absolute Gasteiger partial charge is 0.307 e. The Balaban J connectivity index is 0.00000140. The van der Waals surface area contributed by atoms with Gasteiger partial charge in [-0.2, -0.15) is 0 Å². The summed E-state index contributed by atoms with van der Waals surface area (Å²) in [7, 11) is 0. The van der Waals surface area contributed by atoms with Gasteiger partial charge in [0.2, 0.25) is 5.91 Å². The first-order valence-electron chi connectivity index (χ1n) is 9.67. The van der Waals surface area contributed by atoms with Crippen LogP contribution in [0.1, 0.15) is 54.4 Å². The molecule has 1 saturated heterocycles. The van der Waals surface area contributed by atoms with Crippen LogP contribution in [-0.4, -0.2) is 29.0 Å². The number of amides is 1. The van der Waals surface area contributed by atoms with Gasteiger partial charge in [-0.15, -0.1) is 24.8 Å². The fourth-order valence-electron chi connectivity index (χ4n) is 3.95. The second-order valence-corrected chi connectivity index (χ2v) is 7.25. The number of aryl methyl sites for hydroxylation is 1. The molecule has 1 aromatic carbocycles. The number of nitrogens with one attached hydrogen (secondary N) is 1. The Hall–Kier alpha value is -1.69. The minimum Gasteiger partial charge on any atom is -0.307 e. The number of piperidine rings is 1. The van der Waals surface area contributed by atoms with Gasteiger partial charge in [0.15, 0.2) is 0 Å². The molecule has 1 unspecified atom stereocenters. The SMILES string of the molecule is Cc1nc(C2CCCCN2)nc2c1CCC(=O)N2CCc1ccccc1.Cl.Cl. The normalized spacial score (nSPS) is 18.7. The van der Waals surface area contributed by atoms with E-state index in [1.807, 2.05) is 23.1 Å². The predicted molar refractivity (Wildman–Crippen MR) is 117 cm³/mol. The van der Waals surface area contributed by atoms with E-state index in [-0.39, 0.29) is 36.8 Å². The van der Waals surface area contributed by atoms with Crippen LogP contribution in [0.15, 0.2) is 30.3 Å². The molecule has 1 aromatic heterocycles. The molecule has 0 aliphatic carbocycles. The van der Waals surface area contributed by atoms with E-state index in [9.17, 15) is 4.79 Å². The van der Waals surface area contributed by atoms with Crippen molar-refractivity contribution < 1.29 is 4.79 Å². The molecule has 152 valence electrons. The van der Waals surface area contributed by atoms with Crippen molar-refractivity contribution in [1.29, 1.82) is 0 Å². The van der Waals surface area contributed by atoms with Gasteiger partial charge in [0.05, 0.1) is 6.04 Å². The van der Waals surface area contributed by atoms with Gasteiger partial charge < -0.3 is 5.32 Å². The Morgan fingerprint density at radius 1 is 1.11 bits per heavy atom. The third-order valence-corrected chi connectivity index (χ3v) is 5.44. The topological polar surface area (TPSA) is 58.1 Å². The number of carbonyl (C=O) groups is 1. The zero-order valence-corrected chi connectivity index (χ0v) is 17.8. The fraction of sp³-hybridized carbons (Fsp3) is 0.476. The summed E-state index contributed by atoms with van der Waals surface area (Å²) in [6, 6.07) is 10.5. The zero-order chi connectivity index (χ0) is 17.9. The molecule has 1 fully saturated rings. The molecule has 2 aliphatic heterocycles. The third-order valence-electron chi connectivity index (χ3n) is 5.44. The van der Waals surface area contributed by atoms with Crippen LogP contribution < -0.4 is 10.2 Å². The Labute approximate surface area is 179 Å². The molecule has 5 nitrogen and oxygen atoms in total. The number of halogens is 2. The van der Waals surface area contributed by atoms with Crippen molar-refractivity contribution in [3.63, 3.8) is 0 Å². The Morgan fingerprint density at radius 3 is 2.61 bits per heavy atom. The second-order valence-electron chi connectivity index (χ2n) is 7.25. The number of hydrogen-bond donors (Lipinski definition) is 1. The van der Waals surface area contributed by atoms with Crippen LogP contribution in [0.5, 0.6) is 0 Å². The summed E-state index contributed by atoms with van der Waals surface area (Å²) in [4.78, 5) is 24.2. The molecule has 0 spiro atoms. The van der Waals surface area contributed by atoms with E-state index in [1.54, 1.807) is 0 Å². The highest BCUT2D eigenvalue weighted by Gasteiger charge is 2.29. The second kappa shape index (κ2) is 10.2. The molecule has 4 rings (SSSR count). The number of hydrogen-bond acceptors (Lipinski definition) is 4. The van der Waals surface area contributed by atoms with Crippen LogP contribution in [0, 0.1) is 6.92 Å². The Morgan fingerprint density at radius 2 is 1.89 bits per heavy atom. The van der Waals surface area contributed by atoms with Crippen molar-refractivity contribution in [2.45, 2.75) is 51.5 Å². The Bertz CT molecular complexity index is 794. The molecular weight excluding hydrogens is 395 g/mol. The van der Waals surface area contributed by atoms with Crippen molar-refractivity contribution >= 4 is 36.5 Å². The summed E-state index contributed by atoms with van der Waals surface area (Å²) < 4.78 is 0. The molecule has 1 N–H and O–H groups in total. The maximum Gasteiger partial charge on any atom is 0.228 e. The number of nitrogens with zero attached hydrogens (tertiary/aromatic N) is 3. The van der Waals surface area contributed by atoms with E-state index in [0.717, 1.165) is 48.7 Å². The molecule has 1 amide bonds. The van der Waals surface area contributed by atoms with Crippen LogP contribution in [0.4, 0.5) is 5.82 Å². The molecule has 1 atom stereocenters. The van der Waals surface area contributed by atoms with Crippen LogP contribution >= 0.6 is 24.8 Å². The monoisotopic (exact) mass is 422 g/mol. The summed E-state index contributed by atoms with van der Waals surface area (Å²) in [6.45, 7) is 3.74. The predicted octanol–water partition coefficient (Wildman–Crippen LogP) is 3.97. The van der Waals surface area contributed by atoms with Gasteiger partial charge in [-0.3, -0.25) is 9.69 Å². The maximum absolute atomic E-state index is 12.6. The molecule has 0 bridgehead atoms. The van der Waals surface area contributed by atoms with Gasteiger partial charge in [0.25, 0.3) is 0 Å². The minimum atomic E-state index is 0. The van der Waals surface area contributed by atoms with Crippen molar-refractivity contribution in [1.82, 2.24) is 15.3 Å². The van der Waals surface area contributed by atoms with E-state index in [4.69, 9.17) is 9.97 Å². The van der Waals surface area contributed by atoms with Crippen molar-refractivity contribution in [2.75, 3.05) is 18.0 Å². The van der Waals surface area contributed by atoms with Crippen molar-refractivity contribution in [2.24, 2.45) is 0 Å². The number of carbonyl (C=O) groups excluding carboxylic acids is 1. The first-order valence-corrected chi connectivity index (χ1v) is 9.67. The number of rotatable bonds is 4. The quantitative estimate of drug-likeness (QED) is 0.809. The molecule has 3 heterocycles. The highest BCUT2D eigenvalue weighted by atomic mass is 35.5. The van der Waals surface area contributed by atoms with Gasteiger partial charge in [-0.05, 0) is 44.7 Å². The molecule has 0 radical (unpaired) electrons. The minimum absolute atomic E-state index is 0. The van der Waals surface area contributed by atoms with Crippen molar-refractivity contribution in [3.05, 3.63) is 53.0 Å². The lowest BCUT2D eigenvalue weighted by Crippen LogP contribution is -2.39. The maximum atomic E-state index is 12.6. The first-order chi connectivity index (χ1) is 12.7. The highest BCUT2D eigenvalue weighted by Crippen LogP contribution is 2.30. The van der Waals surface area contributed by atoms with E-state index >= 15 is 0 Å². The summed E-state index contributed by atoms with van der Waals surface area (Å²) >= 11 is 0. The average molecular weight is 423 g/mol. The fourth-order valence-corrected chi connectivity index (χ4v) is 3.95. The number of fused-ring (bicyclic) bond motifs is 1. The number of aromatic nitrogens is 2. The summed E-state index contributed by atoms with van der Waals surface area (Å²) in [6.07, 6.45) is 5.62. The standard InChI is InChI=1S/C21H26N4O.2ClH/c1-15-17-10-11-19(26)25(14-12-16-7-3-2-4-8-16)21(17)24-20(23-15)18-9-5-6-13-22-18;;/h2-4,7-8,18,22H,5-6,9-14H2,1H3;2*1H. The highest BCUT2D eigenvalue weighted by molar-refractivity contribution is 5.95. The van der Waals surface area contributed by atoms with E-state index < -0.39 is 0 Å². The third kappa shape index (κ3) is 4.83. The number of anilines is 1. The molecule has 2 aromatic rings. The molecule has 2 aliphatic rings.